The fourth-order valence-corrected chi connectivity index (χ4v) is 1.52. The Morgan fingerprint density at radius 1 is 1.47 bits per heavy atom. The van der Waals surface area contributed by atoms with Crippen molar-refractivity contribution in [3.8, 4) is 5.75 Å². The summed E-state index contributed by atoms with van der Waals surface area (Å²) < 4.78 is 18.0. The molecule has 0 aliphatic heterocycles. The number of aliphatic hydroxyl groups is 1. The van der Waals surface area contributed by atoms with E-state index < -0.39 is 6.10 Å². The standard InChI is InChI=1S/C12H19FN2O2/c1-15(2)8-10(16)7-14-11-5-4-9(13)6-12(11)17-3/h4-6,10,14,16H,7-8H2,1-3H3. The van der Waals surface area contributed by atoms with Gasteiger partial charge in [-0.3, -0.25) is 0 Å². The van der Waals surface area contributed by atoms with Crippen LogP contribution < -0.4 is 10.1 Å². The topological polar surface area (TPSA) is 44.7 Å². The molecule has 2 N–H and O–H groups in total. The minimum absolute atomic E-state index is 0.346. The SMILES string of the molecule is COc1cc(F)ccc1NCC(O)CN(C)C. The second-order valence-electron chi connectivity index (χ2n) is 4.14. The maximum absolute atomic E-state index is 12.9. The predicted molar refractivity (Wildman–Crippen MR) is 66.0 cm³/mol. The molecule has 1 aromatic rings. The molecule has 4 nitrogen and oxygen atoms in total. The van der Waals surface area contributed by atoms with Gasteiger partial charge in [0.25, 0.3) is 0 Å². The van der Waals surface area contributed by atoms with Crippen LogP contribution in [0.15, 0.2) is 18.2 Å². The summed E-state index contributed by atoms with van der Waals surface area (Å²) in [6.07, 6.45) is -0.486. The molecule has 0 saturated carbocycles. The maximum atomic E-state index is 12.9. The van der Waals surface area contributed by atoms with E-state index in [0.717, 1.165) is 0 Å². The zero-order valence-corrected chi connectivity index (χ0v) is 10.4. The molecular weight excluding hydrogens is 223 g/mol. The van der Waals surface area contributed by atoms with Gasteiger partial charge in [-0.15, -0.1) is 0 Å². The van der Waals surface area contributed by atoms with E-state index in [9.17, 15) is 9.50 Å². The number of methoxy groups -OCH3 is 1. The molecule has 0 aromatic heterocycles. The van der Waals surface area contributed by atoms with Gasteiger partial charge in [-0.1, -0.05) is 0 Å². The Morgan fingerprint density at radius 3 is 2.76 bits per heavy atom. The van der Waals surface area contributed by atoms with Gasteiger partial charge in [0.2, 0.25) is 0 Å². The van der Waals surface area contributed by atoms with Gasteiger partial charge in [0.15, 0.2) is 0 Å². The molecule has 0 spiro atoms. The number of ether oxygens (including phenoxy) is 1. The van der Waals surface area contributed by atoms with Crippen molar-refractivity contribution in [3.05, 3.63) is 24.0 Å². The smallest absolute Gasteiger partial charge is 0.144 e. The summed E-state index contributed by atoms with van der Waals surface area (Å²) in [7, 11) is 5.26. The van der Waals surface area contributed by atoms with Crippen LogP contribution in [0.4, 0.5) is 10.1 Å². The van der Waals surface area contributed by atoms with Crippen molar-refractivity contribution in [2.75, 3.05) is 39.6 Å². The van der Waals surface area contributed by atoms with Crippen molar-refractivity contribution in [1.82, 2.24) is 4.90 Å². The molecule has 0 fully saturated rings. The van der Waals surface area contributed by atoms with Gasteiger partial charge in [0, 0.05) is 19.2 Å². The van der Waals surface area contributed by atoms with Gasteiger partial charge in [-0.25, -0.2) is 4.39 Å². The van der Waals surface area contributed by atoms with Crippen LogP contribution in [0.1, 0.15) is 0 Å². The lowest BCUT2D eigenvalue weighted by molar-refractivity contribution is 0.148. The number of likely N-dealkylation sites (N-methyl/N-ethyl adjacent to an activating group) is 1. The van der Waals surface area contributed by atoms with Gasteiger partial charge in [-0.2, -0.15) is 0 Å². The fraction of sp³-hybridized carbons (Fsp3) is 0.500. The lowest BCUT2D eigenvalue weighted by atomic mass is 10.2. The van der Waals surface area contributed by atoms with Crippen LogP contribution in [0, 0.1) is 5.82 Å². The first-order valence-corrected chi connectivity index (χ1v) is 5.43. The van der Waals surface area contributed by atoms with Crippen LogP contribution in [0.25, 0.3) is 0 Å². The first-order valence-electron chi connectivity index (χ1n) is 5.43. The largest absolute Gasteiger partial charge is 0.494 e. The number of benzene rings is 1. The molecule has 0 aliphatic rings. The van der Waals surface area contributed by atoms with Gasteiger partial charge in [-0.05, 0) is 26.2 Å². The number of nitrogens with one attached hydrogen (secondary N) is 1. The third-order valence-corrected chi connectivity index (χ3v) is 2.27. The van der Waals surface area contributed by atoms with Crippen molar-refractivity contribution in [2.24, 2.45) is 0 Å². The number of rotatable bonds is 6. The lowest BCUT2D eigenvalue weighted by Crippen LogP contribution is -2.31. The summed E-state index contributed by atoms with van der Waals surface area (Å²) in [6.45, 7) is 0.955. The average Bonchev–Trinajstić information content (AvgIpc) is 2.26. The Hall–Kier alpha value is -1.33. The second-order valence-corrected chi connectivity index (χ2v) is 4.14. The van der Waals surface area contributed by atoms with Crippen molar-refractivity contribution in [2.45, 2.75) is 6.10 Å². The van der Waals surface area contributed by atoms with E-state index >= 15 is 0 Å². The molecule has 0 radical (unpaired) electrons. The molecule has 0 bridgehead atoms. The maximum Gasteiger partial charge on any atom is 0.144 e. The van der Waals surface area contributed by atoms with Crippen molar-refractivity contribution < 1.29 is 14.2 Å². The molecular formula is C12H19FN2O2. The second kappa shape index (κ2) is 6.42. The van der Waals surface area contributed by atoms with Crippen LogP contribution in [0.2, 0.25) is 0 Å². The lowest BCUT2D eigenvalue weighted by Gasteiger charge is -2.18. The molecule has 96 valence electrons. The predicted octanol–water partition coefficient (Wildman–Crippen LogP) is 1.17. The summed E-state index contributed by atoms with van der Waals surface area (Å²) in [5, 5.41) is 12.7. The van der Waals surface area contributed by atoms with E-state index in [1.165, 1.54) is 19.2 Å². The summed E-state index contributed by atoms with van der Waals surface area (Å²) >= 11 is 0. The number of nitrogens with zero attached hydrogens (tertiary/aromatic N) is 1. The van der Waals surface area contributed by atoms with E-state index in [1.54, 1.807) is 6.07 Å². The van der Waals surface area contributed by atoms with E-state index in [1.807, 2.05) is 19.0 Å². The third-order valence-electron chi connectivity index (χ3n) is 2.27. The molecule has 17 heavy (non-hydrogen) atoms. The van der Waals surface area contributed by atoms with Crippen LogP contribution >= 0.6 is 0 Å². The Kier molecular flexibility index (Phi) is 5.18. The van der Waals surface area contributed by atoms with Crippen molar-refractivity contribution >= 4 is 5.69 Å². The highest BCUT2D eigenvalue weighted by atomic mass is 19.1. The number of hydrogen-bond acceptors (Lipinski definition) is 4. The molecule has 0 heterocycles. The Bertz CT molecular complexity index is 358. The zero-order valence-electron chi connectivity index (χ0n) is 10.4. The molecule has 1 unspecified atom stereocenters. The quantitative estimate of drug-likeness (QED) is 0.786. The van der Waals surface area contributed by atoms with Gasteiger partial charge >= 0.3 is 0 Å². The number of anilines is 1. The third kappa shape index (κ3) is 4.58. The van der Waals surface area contributed by atoms with E-state index in [4.69, 9.17) is 4.74 Å². The highest BCUT2D eigenvalue weighted by Crippen LogP contribution is 2.24. The normalized spacial score (nSPS) is 12.6. The van der Waals surface area contributed by atoms with Gasteiger partial charge in [0.05, 0.1) is 18.9 Å². The fourth-order valence-electron chi connectivity index (χ4n) is 1.52. The zero-order chi connectivity index (χ0) is 12.8. The molecule has 1 rings (SSSR count). The van der Waals surface area contributed by atoms with E-state index in [0.29, 0.717) is 24.5 Å². The minimum atomic E-state index is -0.486. The Labute approximate surface area is 101 Å². The number of halogens is 1. The van der Waals surface area contributed by atoms with Crippen LogP contribution in [-0.4, -0.2) is 50.4 Å². The summed E-state index contributed by atoms with van der Waals surface area (Å²) in [4.78, 5) is 1.90. The first-order chi connectivity index (χ1) is 8.02. The van der Waals surface area contributed by atoms with Crippen LogP contribution in [-0.2, 0) is 0 Å². The summed E-state index contributed by atoms with van der Waals surface area (Å²) in [6, 6.07) is 4.25. The molecule has 5 heteroatoms. The number of hydrogen-bond donors (Lipinski definition) is 2. The monoisotopic (exact) mass is 242 g/mol. The highest BCUT2D eigenvalue weighted by molar-refractivity contribution is 5.56. The van der Waals surface area contributed by atoms with Crippen LogP contribution in [0.3, 0.4) is 0 Å². The molecule has 1 aromatic carbocycles. The first kappa shape index (κ1) is 13.7. The van der Waals surface area contributed by atoms with Crippen molar-refractivity contribution in [3.63, 3.8) is 0 Å². The van der Waals surface area contributed by atoms with Crippen molar-refractivity contribution in [1.29, 1.82) is 0 Å². The van der Waals surface area contributed by atoms with Crippen LogP contribution in [0.5, 0.6) is 5.75 Å². The molecule has 1 atom stereocenters. The highest BCUT2D eigenvalue weighted by Gasteiger charge is 2.08. The summed E-state index contributed by atoms with van der Waals surface area (Å²) in [5.74, 6) is 0.0864. The number of aliphatic hydroxyl groups excluding tert-OH is 1. The molecule has 0 saturated heterocycles. The average molecular weight is 242 g/mol. The Morgan fingerprint density at radius 2 is 2.18 bits per heavy atom. The molecule has 0 aliphatic carbocycles. The molecule has 0 amide bonds. The van der Waals surface area contributed by atoms with E-state index in [-0.39, 0.29) is 5.82 Å². The van der Waals surface area contributed by atoms with Gasteiger partial charge in [0.1, 0.15) is 11.6 Å². The minimum Gasteiger partial charge on any atom is -0.494 e. The van der Waals surface area contributed by atoms with Gasteiger partial charge < -0.3 is 20.1 Å². The van der Waals surface area contributed by atoms with E-state index in [2.05, 4.69) is 5.32 Å². The Balaban J connectivity index is 2.56. The summed E-state index contributed by atoms with van der Waals surface area (Å²) in [5.41, 5.74) is 0.673.